The summed E-state index contributed by atoms with van der Waals surface area (Å²) >= 11 is 6.01. The summed E-state index contributed by atoms with van der Waals surface area (Å²) in [4.78, 5) is 11.9. The van der Waals surface area contributed by atoms with Crippen LogP contribution in [0.2, 0.25) is 5.02 Å². The lowest BCUT2D eigenvalue weighted by Gasteiger charge is -2.22. The molecule has 1 fully saturated rings. The van der Waals surface area contributed by atoms with E-state index in [4.69, 9.17) is 11.6 Å². The molecule has 1 N–H and O–H groups in total. The van der Waals surface area contributed by atoms with Crippen molar-refractivity contribution in [2.45, 2.75) is 25.3 Å². The molecular weight excluding hydrogens is 312 g/mol. The number of sulfonamides is 1. The van der Waals surface area contributed by atoms with Crippen LogP contribution in [0.15, 0.2) is 24.3 Å². The molecule has 1 aromatic rings. The topological polar surface area (TPSA) is 66.5 Å². The molecule has 0 aromatic heterocycles. The molecule has 1 amide bonds. The molecule has 1 atom stereocenters. The first-order chi connectivity index (χ1) is 9.88. The summed E-state index contributed by atoms with van der Waals surface area (Å²) in [5.74, 6) is -0.150. The Labute approximate surface area is 130 Å². The van der Waals surface area contributed by atoms with E-state index in [0.29, 0.717) is 18.1 Å². The third-order valence-corrected chi connectivity index (χ3v) is 5.29. The second-order valence-corrected chi connectivity index (χ2v) is 7.58. The highest BCUT2D eigenvalue weighted by Crippen LogP contribution is 2.20. The van der Waals surface area contributed by atoms with Crippen LogP contribution in [0.3, 0.4) is 0 Å². The van der Waals surface area contributed by atoms with Crippen molar-refractivity contribution >= 4 is 27.5 Å². The molecule has 5 nitrogen and oxygen atoms in total. The number of halogens is 1. The lowest BCUT2D eigenvalue weighted by Crippen LogP contribution is -2.43. The molecule has 1 heterocycles. The highest BCUT2D eigenvalue weighted by molar-refractivity contribution is 7.88. The van der Waals surface area contributed by atoms with Gasteiger partial charge in [-0.15, -0.1) is 0 Å². The largest absolute Gasteiger partial charge is 0.354 e. The van der Waals surface area contributed by atoms with Crippen LogP contribution in [0.5, 0.6) is 0 Å². The first kappa shape index (κ1) is 16.3. The van der Waals surface area contributed by atoms with E-state index in [9.17, 15) is 13.2 Å². The predicted molar refractivity (Wildman–Crippen MR) is 82.7 cm³/mol. The van der Waals surface area contributed by atoms with Crippen LogP contribution in [0.4, 0.5) is 0 Å². The Balaban J connectivity index is 1.88. The molecule has 0 bridgehead atoms. The van der Waals surface area contributed by atoms with E-state index in [0.717, 1.165) is 18.4 Å². The summed E-state index contributed by atoms with van der Waals surface area (Å²) in [7, 11) is -3.20. The van der Waals surface area contributed by atoms with Crippen LogP contribution in [0.1, 0.15) is 18.4 Å². The van der Waals surface area contributed by atoms with Crippen molar-refractivity contribution in [3.63, 3.8) is 0 Å². The Hall–Kier alpha value is -1.11. The van der Waals surface area contributed by atoms with Gasteiger partial charge in [-0.1, -0.05) is 29.8 Å². The molecule has 7 heteroatoms. The van der Waals surface area contributed by atoms with Crippen LogP contribution in [0, 0.1) is 0 Å². The molecule has 1 aliphatic heterocycles. The fourth-order valence-electron chi connectivity index (χ4n) is 2.56. The van der Waals surface area contributed by atoms with Gasteiger partial charge in [-0.05, 0) is 24.5 Å². The molecule has 1 aliphatic rings. The molecule has 21 heavy (non-hydrogen) atoms. The van der Waals surface area contributed by atoms with Crippen molar-refractivity contribution in [1.29, 1.82) is 0 Å². The van der Waals surface area contributed by atoms with E-state index < -0.39 is 10.0 Å². The number of nitrogens with zero attached hydrogens (tertiary/aromatic N) is 1. The molecule has 0 radical (unpaired) electrons. The fraction of sp³-hybridized carbons (Fsp3) is 0.500. The minimum atomic E-state index is -3.20. The van der Waals surface area contributed by atoms with Crippen molar-refractivity contribution in [2.75, 3.05) is 19.3 Å². The van der Waals surface area contributed by atoms with Crippen LogP contribution >= 0.6 is 11.6 Å². The van der Waals surface area contributed by atoms with E-state index >= 15 is 0 Å². The molecule has 0 aliphatic carbocycles. The van der Waals surface area contributed by atoms with Gasteiger partial charge < -0.3 is 5.32 Å². The maximum absolute atomic E-state index is 11.9. The summed E-state index contributed by atoms with van der Waals surface area (Å²) in [6.45, 7) is 0.875. The Kier molecular flexibility index (Phi) is 5.24. The zero-order chi connectivity index (χ0) is 15.5. The number of hydrogen-bond donors (Lipinski definition) is 1. The van der Waals surface area contributed by atoms with E-state index in [2.05, 4.69) is 5.32 Å². The SMILES string of the molecule is CS(=O)(=O)N1CCCC1CNC(=O)Cc1ccccc1Cl. The number of benzene rings is 1. The van der Waals surface area contributed by atoms with Crippen molar-refractivity contribution in [3.05, 3.63) is 34.9 Å². The number of carbonyl (C=O) groups is 1. The number of amides is 1. The fourth-order valence-corrected chi connectivity index (χ4v) is 3.94. The van der Waals surface area contributed by atoms with Gasteiger partial charge in [0.05, 0.1) is 12.7 Å². The predicted octanol–water partition coefficient (Wildman–Crippen LogP) is 1.42. The number of hydrogen-bond acceptors (Lipinski definition) is 3. The molecule has 116 valence electrons. The standard InChI is InChI=1S/C14H19ClN2O3S/c1-21(19,20)17-8-4-6-12(17)10-16-14(18)9-11-5-2-3-7-13(11)15/h2-3,5,7,12H,4,6,8-10H2,1H3,(H,16,18). The van der Waals surface area contributed by atoms with Crippen molar-refractivity contribution in [3.8, 4) is 0 Å². The lowest BCUT2D eigenvalue weighted by atomic mass is 10.1. The highest BCUT2D eigenvalue weighted by Gasteiger charge is 2.31. The molecule has 0 spiro atoms. The summed E-state index contributed by atoms with van der Waals surface area (Å²) in [5, 5.41) is 3.36. The molecule has 0 saturated carbocycles. The molecule has 1 unspecified atom stereocenters. The average molecular weight is 331 g/mol. The van der Waals surface area contributed by atoms with Gasteiger partial charge in [0.1, 0.15) is 0 Å². The van der Waals surface area contributed by atoms with Gasteiger partial charge in [-0.3, -0.25) is 4.79 Å². The zero-order valence-corrected chi connectivity index (χ0v) is 13.5. The van der Waals surface area contributed by atoms with E-state index in [-0.39, 0.29) is 18.4 Å². The van der Waals surface area contributed by atoms with Gasteiger partial charge >= 0.3 is 0 Å². The van der Waals surface area contributed by atoms with E-state index in [1.54, 1.807) is 12.1 Å². The Bertz CT molecular complexity index is 618. The lowest BCUT2D eigenvalue weighted by molar-refractivity contribution is -0.120. The molecular formula is C14H19ClN2O3S. The van der Waals surface area contributed by atoms with Crippen molar-refractivity contribution < 1.29 is 13.2 Å². The average Bonchev–Trinajstić information content (AvgIpc) is 2.87. The third kappa shape index (κ3) is 4.43. The van der Waals surface area contributed by atoms with Crippen LogP contribution in [0.25, 0.3) is 0 Å². The molecule has 1 saturated heterocycles. The number of nitrogens with one attached hydrogen (secondary N) is 1. The Morgan fingerprint density at radius 2 is 2.14 bits per heavy atom. The normalized spacial score (nSPS) is 19.6. The second kappa shape index (κ2) is 6.77. The van der Waals surface area contributed by atoms with Crippen LogP contribution in [-0.4, -0.2) is 44.0 Å². The summed E-state index contributed by atoms with van der Waals surface area (Å²) in [5.41, 5.74) is 0.767. The monoisotopic (exact) mass is 330 g/mol. The van der Waals surface area contributed by atoms with Gasteiger partial charge in [-0.2, -0.15) is 4.31 Å². The molecule has 1 aromatic carbocycles. The van der Waals surface area contributed by atoms with E-state index in [1.807, 2.05) is 12.1 Å². The maximum Gasteiger partial charge on any atom is 0.224 e. The smallest absolute Gasteiger partial charge is 0.224 e. The number of carbonyl (C=O) groups excluding carboxylic acids is 1. The van der Waals surface area contributed by atoms with Crippen LogP contribution < -0.4 is 5.32 Å². The Morgan fingerprint density at radius 3 is 2.81 bits per heavy atom. The molecule has 2 rings (SSSR count). The second-order valence-electron chi connectivity index (χ2n) is 5.24. The summed E-state index contributed by atoms with van der Waals surface area (Å²) in [6.07, 6.45) is 3.01. The van der Waals surface area contributed by atoms with Gasteiger partial charge in [0.2, 0.25) is 15.9 Å². The summed E-state index contributed by atoms with van der Waals surface area (Å²) in [6, 6.07) is 7.05. The quantitative estimate of drug-likeness (QED) is 0.888. The minimum Gasteiger partial charge on any atom is -0.354 e. The Morgan fingerprint density at radius 1 is 1.43 bits per heavy atom. The van der Waals surface area contributed by atoms with Crippen LogP contribution in [-0.2, 0) is 21.2 Å². The van der Waals surface area contributed by atoms with Gasteiger partial charge in [0.25, 0.3) is 0 Å². The van der Waals surface area contributed by atoms with Gasteiger partial charge in [0.15, 0.2) is 0 Å². The number of rotatable bonds is 5. The van der Waals surface area contributed by atoms with Crippen molar-refractivity contribution in [1.82, 2.24) is 9.62 Å². The van der Waals surface area contributed by atoms with Gasteiger partial charge in [0, 0.05) is 24.2 Å². The van der Waals surface area contributed by atoms with Gasteiger partial charge in [-0.25, -0.2) is 8.42 Å². The first-order valence-electron chi connectivity index (χ1n) is 6.85. The summed E-state index contributed by atoms with van der Waals surface area (Å²) < 4.78 is 24.7. The third-order valence-electron chi connectivity index (χ3n) is 3.59. The maximum atomic E-state index is 11.9. The highest BCUT2D eigenvalue weighted by atomic mass is 35.5. The zero-order valence-electron chi connectivity index (χ0n) is 11.9. The van der Waals surface area contributed by atoms with Crippen molar-refractivity contribution in [2.24, 2.45) is 0 Å². The minimum absolute atomic E-state index is 0.143. The first-order valence-corrected chi connectivity index (χ1v) is 9.07. The van der Waals surface area contributed by atoms with E-state index in [1.165, 1.54) is 10.6 Å².